The highest BCUT2D eigenvalue weighted by atomic mass is 32.1. The van der Waals surface area contributed by atoms with Crippen LogP contribution in [0.25, 0.3) is 0 Å². The van der Waals surface area contributed by atoms with Gasteiger partial charge in [-0.25, -0.2) is 4.98 Å². The SMILES string of the molecule is CC(C)CC(C)(NC(C)C)c1nc2c(s1)CCC2. The Balaban J connectivity index is 2.26. The molecule has 102 valence electrons. The zero-order valence-corrected chi connectivity index (χ0v) is 13.2. The summed E-state index contributed by atoms with van der Waals surface area (Å²) in [5, 5.41) is 5.04. The Morgan fingerprint density at radius 1 is 1.28 bits per heavy atom. The fourth-order valence-electron chi connectivity index (χ4n) is 3.09. The zero-order chi connectivity index (χ0) is 13.3. The predicted molar refractivity (Wildman–Crippen MR) is 79.2 cm³/mol. The van der Waals surface area contributed by atoms with Crippen LogP contribution in [0.15, 0.2) is 0 Å². The molecule has 1 aromatic rings. The second kappa shape index (κ2) is 5.30. The van der Waals surface area contributed by atoms with Crippen molar-refractivity contribution in [1.82, 2.24) is 10.3 Å². The summed E-state index contributed by atoms with van der Waals surface area (Å²) in [7, 11) is 0. The van der Waals surface area contributed by atoms with Gasteiger partial charge in [-0.05, 0) is 52.4 Å². The van der Waals surface area contributed by atoms with Crippen LogP contribution in [0.3, 0.4) is 0 Å². The molecule has 0 radical (unpaired) electrons. The summed E-state index contributed by atoms with van der Waals surface area (Å²) in [6.07, 6.45) is 4.88. The highest BCUT2D eigenvalue weighted by Crippen LogP contribution is 2.36. The molecule has 1 aromatic heterocycles. The van der Waals surface area contributed by atoms with E-state index in [-0.39, 0.29) is 5.54 Å². The van der Waals surface area contributed by atoms with Crippen LogP contribution in [0.5, 0.6) is 0 Å². The lowest BCUT2D eigenvalue weighted by Gasteiger charge is -2.33. The Morgan fingerprint density at radius 2 is 2.00 bits per heavy atom. The van der Waals surface area contributed by atoms with Crippen LogP contribution in [0, 0.1) is 5.92 Å². The number of rotatable bonds is 5. The van der Waals surface area contributed by atoms with E-state index in [0.29, 0.717) is 12.0 Å². The minimum atomic E-state index is 0.0390. The van der Waals surface area contributed by atoms with Gasteiger partial charge in [0.25, 0.3) is 0 Å². The molecule has 0 saturated heterocycles. The number of aromatic nitrogens is 1. The number of thiazole rings is 1. The summed E-state index contributed by atoms with van der Waals surface area (Å²) in [4.78, 5) is 6.46. The highest BCUT2D eigenvalue weighted by Gasteiger charge is 2.33. The molecule has 0 bridgehead atoms. The fraction of sp³-hybridized carbons (Fsp3) is 0.800. The van der Waals surface area contributed by atoms with Crippen molar-refractivity contribution in [2.75, 3.05) is 0 Å². The third kappa shape index (κ3) is 2.94. The Hall–Kier alpha value is -0.410. The van der Waals surface area contributed by atoms with Gasteiger partial charge in [-0.2, -0.15) is 0 Å². The molecule has 1 atom stereocenters. The van der Waals surface area contributed by atoms with Gasteiger partial charge in [0.2, 0.25) is 0 Å². The van der Waals surface area contributed by atoms with Gasteiger partial charge in [-0.3, -0.25) is 0 Å². The van der Waals surface area contributed by atoms with Gasteiger partial charge in [0.05, 0.1) is 11.2 Å². The fourth-order valence-corrected chi connectivity index (χ4v) is 4.36. The van der Waals surface area contributed by atoms with Crippen LogP contribution in [-0.2, 0) is 18.4 Å². The molecule has 1 heterocycles. The molecule has 0 saturated carbocycles. The monoisotopic (exact) mass is 266 g/mol. The van der Waals surface area contributed by atoms with E-state index >= 15 is 0 Å². The number of nitrogens with one attached hydrogen (secondary N) is 1. The van der Waals surface area contributed by atoms with Gasteiger partial charge in [-0.15, -0.1) is 11.3 Å². The first kappa shape index (κ1) is 14.0. The lowest BCUT2D eigenvalue weighted by molar-refractivity contribution is 0.274. The van der Waals surface area contributed by atoms with E-state index in [1.54, 1.807) is 0 Å². The summed E-state index contributed by atoms with van der Waals surface area (Å²) < 4.78 is 0. The number of hydrogen-bond donors (Lipinski definition) is 1. The van der Waals surface area contributed by atoms with Gasteiger partial charge >= 0.3 is 0 Å². The van der Waals surface area contributed by atoms with E-state index in [1.165, 1.54) is 34.8 Å². The number of nitrogens with zero attached hydrogens (tertiary/aromatic N) is 1. The first-order valence-electron chi connectivity index (χ1n) is 7.17. The maximum atomic E-state index is 4.92. The molecule has 1 aliphatic carbocycles. The number of fused-ring (bicyclic) bond motifs is 1. The average Bonchev–Trinajstić information content (AvgIpc) is 2.72. The standard InChI is InChI=1S/C15H26N2S/c1-10(2)9-15(5,17-11(3)4)14-16-12-7-6-8-13(12)18-14/h10-11,17H,6-9H2,1-5H3. The minimum Gasteiger partial charge on any atom is -0.303 e. The zero-order valence-electron chi connectivity index (χ0n) is 12.3. The molecule has 2 nitrogen and oxygen atoms in total. The predicted octanol–water partition coefficient (Wildman–Crippen LogP) is 3.89. The van der Waals surface area contributed by atoms with Crippen molar-refractivity contribution >= 4 is 11.3 Å². The Kier molecular flexibility index (Phi) is 4.12. The Morgan fingerprint density at radius 3 is 2.56 bits per heavy atom. The Labute approximate surface area is 115 Å². The molecule has 2 rings (SSSR count). The van der Waals surface area contributed by atoms with Crippen LogP contribution in [-0.4, -0.2) is 11.0 Å². The first-order chi connectivity index (χ1) is 8.40. The third-order valence-electron chi connectivity index (χ3n) is 3.49. The van der Waals surface area contributed by atoms with Crippen molar-refractivity contribution in [1.29, 1.82) is 0 Å². The molecular formula is C15H26N2S. The van der Waals surface area contributed by atoms with Crippen molar-refractivity contribution in [2.24, 2.45) is 5.92 Å². The van der Waals surface area contributed by atoms with E-state index in [0.717, 1.165) is 6.42 Å². The molecule has 0 amide bonds. The number of aryl methyl sites for hydroxylation is 2. The van der Waals surface area contributed by atoms with E-state index < -0.39 is 0 Å². The summed E-state index contributed by atoms with van der Waals surface area (Å²) >= 11 is 1.94. The summed E-state index contributed by atoms with van der Waals surface area (Å²) in [6.45, 7) is 11.4. The largest absolute Gasteiger partial charge is 0.303 e. The van der Waals surface area contributed by atoms with Crippen LogP contribution < -0.4 is 5.32 Å². The number of hydrogen-bond acceptors (Lipinski definition) is 3. The van der Waals surface area contributed by atoms with Crippen LogP contribution >= 0.6 is 11.3 Å². The maximum Gasteiger partial charge on any atom is 0.113 e. The van der Waals surface area contributed by atoms with Gasteiger partial charge in [0.15, 0.2) is 0 Å². The molecule has 1 unspecified atom stereocenters. The second-order valence-electron chi connectivity index (χ2n) is 6.47. The summed E-state index contributed by atoms with van der Waals surface area (Å²) in [6, 6.07) is 0.493. The molecular weight excluding hydrogens is 240 g/mol. The van der Waals surface area contributed by atoms with Crippen molar-refractivity contribution < 1.29 is 0 Å². The molecule has 0 aromatic carbocycles. The average molecular weight is 266 g/mol. The lowest BCUT2D eigenvalue weighted by Crippen LogP contribution is -2.44. The topological polar surface area (TPSA) is 24.9 Å². The van der Waals surface area contributed by atoms with Gasteiger partial charge in [0, 0.05) is 10.9 Å². The third-order valence-corrected chi connectivity index (χ3v) is 4.91. The summed E-state index contributed by atoms with van der Waals surface area (Å²) in [5.41, 5.74) is 1.41. The summed E-state index contributed by atoms with van der Waals surface area (Å²) in [5.74, 6) is 0.681. The minimum absolute atomic E-state index is 0.0390. The van der Waals surface area contributed by atoms with E-state index in [1.807, 2.05) is 11.3 Å². The van der Waals surface area contributed by atoms with Crippen molar-refractivity contribution in [3.8, 4) is 0 Å². The highest BCUT2D eigenvalue weighted by molar-refractivity contribution is 7.12. The smallest absolute Gasteiger partial charge is 0.113 e. The van der Waals surface area contributed by atoms with Gasteiger partial charge in [-0.1, -0.05) is 13.8 Å². The molecule has 3 heteroatoms. The van der Waals surface area contributed by atoms with Crippen molar-refractivity contribution in [3.05, 3.63) is 15.6 Å². The van der Waals surface area contributed by atoms with Crippen molar-refractivity contribution in [3.63, 3.8) is 0 Å². The van der Waals surface area contributed by atoms with Crippen LogP contribution in [0.4, 0.5) is 0 Å². The second-order valence-corrected chi connectivity index (χ2v) is 7.56. The lowest BCUT2D eigenvalue weighted by atomic mass is 9.90. The van der Waals surface area contributed by atoms with Crippen LogP contribution in [0.2, 0.25) is 0 Å². The molecule has 1 aliphatic rings. The quantitative estimate of drug-likeness (QED) is 0.874. The van der Waals surface area contributed by atoms with Crippen molar-refractivity contribution in [2.45, 2.75) is 71.9 Å². The van der Waals surface area contributed by atoms with E-state index in [4.69, 9.17) is 4.98 Å². The molecule has 1 N–H and O–H groups in total. The van der Waals surface area contributed by atoms with Gasteiger partial charge < -0.3 is 5.32 Å². The molecule has 0 spiro atoms. The molecule has 0 fully saturated rings. The van der Waals surface area contributed by atoms with Crippen LogP contribution in [0.1, 0.15) is 63.0 Å². The van der Waals surface area contributed by atoms with E-state index in [9.17, 15) is 0 Å². The van der Waals surface area contributed by atoms with E-state index in [2.05, 4.69) is 39.9 Å². The van der Waals surface area contributed by atoms with Gasteiger partial charge in [0.1, 0.15) is 5.01 Å². The Bertz CT molecular complexity index is 375. The molecule has 18 heavy (non-hydrogen) atoms. The molecule has 0 aliphatic heterocycles. The first-order valence-corrected chi connectivity index (χ1v) is 7.99. The maximum absolute atomic E-state index is 4.92. The normalized spacial score (nSPS) is 18.4.